The van der Waals surface area contributed by atoms with E-state index in [9.17, 15) is 4.79 Å². The van der Waals surface area contributed by atoms with E-state index in [1.807, 2.05) is 0 Å². The molecule has 0 bridgehead atoms. The van der Waals surface area contributed by atoms with Gasteiger partial charge in [0.05, 0.1) is 12.7 Å². The molecule has 1 aliphatic heterocycles. The van der Waals surface area contributed by atoms with Crippen molar-refractivity contribution in [1.29, 1.82) is 0 Å². The highest BCUT2D eigenvalue weighted by atomic mass is 16.5. The third-order valence-electron chi connectivity index (χ3n) is 3.64. The first-order valence-corrected chi connectivity index (χ1v) is 7.39. The van der Waals surface area contributed by atoms with Crippen molar-refractivity contribution in [2.75, 3.05) is 39.8 Å². The zero-order valence-electron chi connectivity index (χ0n) is 12.6. The SMILES string of the molecule is CC(C)N(C)CCNC(=O)CCOC1CCNCC1. The van der Waals surface area contributed by atoms with Gasteiger partial charge in [0, 0.05) is 25.6 Å². The lowest BCUT2D eigenvalue weighted by Gasteiger charge is -2.23. The van der Waals surface area contributed by atoms with E-state index in [1.54, 1.807) is 0 Å². The number of nitrogens with one attached hydrogen (secondary N) is 2. The average molecular weight is 271 g/mol. The molecule has 0 aromatic rings. The van der Waals surface area contributed by atoms with Gasteiger partial charge in [-0.05, 0) is 46.8 Å². The van der Waals surface area contributed by atoms with E-state index in [2.05, 4.69) is 36.4 Å². The molecule has 1 aliphatic rings. The third kappa shape index (κ3) is 7.50. The van der Waals surface area contributed by atoms with Crippen LogP contribution in [0.3, 0.4) is 0 Å². The summed E-state index contributed by atoms with van der Waals surface area (Å²) in [7, 11) is 2.07. The maximum atomic E-state index is 11.6. The van der Waals surface area contributed by atoms with E-state index in [0.29, 0.717) is 31.7 Å². The monoisotopic (exact) mass is 271 g/mol. The summed E-state index contributed by atoms with van der Waals surface area (Å²) in [5.41, 5.74) is 0. The Morgan fingerprint density at radius 1 is 1.42 bits per heavy atom. The van der Waals surface area contributed by atoms with Crippen LogP contribution in [-0.2, 0) is 9.53 Å². The van der Waals surface area contributed by atoms with Gasteiger partial charge in [-0.2, -0.15) is 0 Å². The van der Waals surface area contributed by atoms with Gasteiger partial charge in [0.25, 0.3) is 0 Å². The topological polar surface area (TPSA) is 53.6 Å². The van der Waals surface area contributed by atoms with E-state index in [4.69, 9.17) is 4.74 Å². The fourth-order valence-corrected chi connectivity index (χ4v) is 2.00. The Kier molecular flexibility index (Phi) is 8.02. The number of ether oxygens (including phenoxy) is 1. The van der Waals surface area contributed by atoms with Crippen LogP contribution >= 0.6 is 0 Å². The van der Waals surface area contributed by atoms with Crippen molar-refractivity contribution in [3.63, 3.8) is 0 Å². The number of hydrogen-bond donors (Lipinski definition) is 2. The maximum absolute atomic E-state index is 11.6. The van der Waals surface area contributed by atoms with Crippen LogP contribution in [0.2, 0.25) is 0 Å². The number of nitrogens with zero attached hydrogens (tertiary/aromatic N) is 1. The Balaban J connectivity index is 1.98. The van der Waals surface area contributed by atoms with Gasteiger partial charge in [0.2, 0.25) is 5.91 Å². The molecular formula is C14H29N3O2. The number of amides is 1. The number of carbonyl (C=O) groups excluding carboxylic acids is 1. The average Bonchev–Trinajstić information content (AvgIpc) is 2.39. The lowest BCUT2D eigenvalue weighted by molar-refractivity contribution is -0.122. The molecule has 1 fully saturated rings. The summed E-state index contributed by atoms with van der Waals surface area (Å²) < 4.78 is 5.71. The number of likely N-dealkylation sites (N-methyl/N-ethyl adjacent to an activating group) is 1. The zero-order chi connectivity index (χ0) is 14.1. The maximum Gasteiger partial charge on any atom is 0.222 e. The van der Waals surface area contributed by atoms with Gasteiger partial charge >= 0.3 is 0 Å². The minimum atomic E-state index is 0.0890. The highest BCUT2D eigenvalue weighted by Crippen LogP contribution is 2.07. The largest absolute Gasteiger partial charge is 0.378 e. The highest BCUT2D eigenvalue weighted by molar-refractivity contribution is 5.75. The van der Waals surface area contributed by atoms with E-state index < -0.39 is 0 Å². The molecule has 0 saturated carbocycles. The molecule has 0 aromatic heterocycles. The molecule has 1 saturated heterocycles. The summed E-state index contributed by atoms with van der Waals surface area (Å²) >= 11 is 0. The van der Waals surface area contributed by atoms with Crippen LogP contribution < -0.4 is 10.6 Å². The summed E-state index contributed by atoms with van der Waals surface area (Å²) in [5.74, 6) is 0.0890. The predicted molar refractivity (Wildman–Crippen MR) is 77.2 cm³/mol. The number of rotatable bonds is 8. The van der Waals surface area contributed by atoms with E-state index in [1.165, 1.54) is 0 Å². The van der Waals surface area contributed by atoms with E-state index in [-0.39, 0.29) is 5.91 Å². The van der Waals surface area contributed by atoms with Gasteiger partial charge in [-0.15, -0.1) is 0 Å². The van der Waals surface area contributed by atoms with Crippen LogP contribution in [0.4, 0.5) is 0 Å². The second-order valence-electron chi connectivity index (χ2n) is 5.49. The second kappa shape index (κ2) is 9.28. The summed E-state index contributed by atoms with van der Waals surface area (Å²) in [4.78, 5) is 13.8. The van der Waals surface area contributed by atoms with Gasteiger partial charge in [0.15, 0.2) is 0 Å². The molecule has 2 N–H and O–H groups in total. The van der Waals surface area contributed by atoms with Crippen LogP contribution in [0.5, 0.6) is 0 Å². The first-order valence-electron chi connectivity index (χ1n) is 7.39. The number of piperidine rings is 1. The molecule has 0 radical (unpaired) electrons. The smallest absolute Gasteiger partial charge is 0.222 e. The molecule has 1 heterocycles. The normalized spacial score (nSPS) is 17.1. The minimum absolute atomic E-state index is 0.0890. The fourth-order valence-electron chi connectivity index (χ4n) is 2.00. The Hall–Kier alpha value is -0.650. The molecular weight excluding hydrogens is 242 g/mol. The molecule has 5 nitrogen and oxygen atoms in total. The molecule has 0 unspecified atom stereocenters. The van der Waals surface area contributed by atoms with Crippen LogP contribution in [0.1, 0.15) is 33.1 Å². The van der Waals surface area contributed by atoms with Crippen LogP contribution in [0, 0.1) is 0 Å². The van der Waals surface area contributed by atoms with Crippen LogP contribution in [-0.4, -0.2) is 62.8 Å². The zero-order valence-corrected chi connectivity index (χ0v) is 12.6. The summed E-state index contributed by atoms with van der Waals surface area (Å²) in [6.45, 7) is 8.48. The fraction of sp³-hybridized carbons (Fsp3) is 0.929. The summed E-state index contributed by atoms with van der Waals surface area (Å²) in [6.07, 6.45) is 2.91. The van der Waals surface area contributed by atoms with Crippen molar-refractivity contribution >= 4 is 5.91 Å². The molecule has 0 aromatic carbocycles. The molecule has 112 valence electrons. The van der Waals surface area contributed by atoms with Crippen molar-refractivity contribution in [3.05, 3.63) is 0 Å². The van der Waals surface area contributed by atoms with E-state index in [0.717, 1.165) is 32.5 Å². The van der Waals surface area contributed by atoms with Gasteiger partial charge < -0.3 is 20.3 Å². The van der Waals surface area contributed by atoms with Crippen molar-refractivity contribution in [3.8, 4) is 0 Å². The van der Waals surface area contributed by atoms with E-state index >= 15 is 0 Å². The number of hydrogen-bond acceptors (Lipinski definition) is 4. The summed E-state index contributed by atoms with van der Waals surface area (Å²) in [6, 6.07) is 0.514. The van der Waals surface area contributed by atoms with Crippen LogP contribution in [0.25, 0.3) is 0 Å². The van der Waals surface area contributed by atoms with Crippen molar-refractivity contribution in [2.24, 2.45) is 0 Å². The predicted octanol–water partition coefficient (Wildman–Crippen LogP) is 0.602. The quantitative estimate of drug-likeness (QED) is 0.679. The lowest BCUT2D eigenvalue weighted by Crippen LogP contribution is -2.37. The van der Waals surface area contributed by atoms with Gasteiger partial charge in [-0.1, -0.05) is 0 Å². The lowest BCUT2D eigenvalue weighted by atomic mass is 10.1. The standard InChI is InChI=1S/C14H29N3O2/c1-12(2)17(3)10-9-16-14(18)6-11-19-13-4-7-15-8-5-13/h12-13,15H,4-11H2,1-3H3,(H,16,18). The molecule has 0 spiro atoms. The highest BCUT2D eigenvalue weighted by Gasteiger charge is 2.13. The van der Waals surface area contributed by atoms with Gasteiger partial charge in [0.1, 0.15) is 0 Å². The van der Waals surface area contributed by atoms with Gasteiger partial charge in [-0.3, -0.25) is 4.79 Å². The molecule has 1 amide bonds. The second-order valence-corrected chi connectivity index (χ2v) is 5.49. The summed E-state index contributed by atoms with van der Waals surface area (Å²) in [5, 5.41) is 6.23. The van der Waals surface area contributed by atoms with Crippen LogP contribution in [0.15, 0.2) is 0 Å². The first-order chi connectivity index (χ1) is 9.09. The molecule has 19 heavy (non-hydrogen) atoms. The Bertz CT molecular complexity index is 253. The van der Waals surface area contributed by atoms with Crippen molar-refractivity contribution in [1.82, 2.24) is 15.5 Å². The molecule has 1 rings (SSSR count). The van der Waals surface area contributed by atoms with Crippen molar-refractivity contribution < 1.29 is 9.53 Å². The van der Waals surface area contributed by atoms with Crippen molar-refractivity contribution in [2.45, 2.75) is 45.3 Å². The molecule has 5 heteroatoms. The Morgan fingerprint density at radius 3 is 2.74 bits per heavy atom. The third-order valence-corrected chi connectivity index (χ3v) is 3.64. The number of carbonyl (C=O) groups is 1. The molecule has 0 aliphatic carbocycles. The minimum Gasteiger partial charge on any atom is -0.378 e. The first kappa shape index (κ1) is 16.4. The Morgan fingerprint density at radius 2 is 2.11 bits per heavy atom. The Labute approximate surface area is 117 Å². The van der Waals surface area contributed by atoms with Gasteiger partial charge in [-0.25, -0.2) is 0 Å². The molecule has 0 atom stereocenters.